The van der Waals surface area contributed by atoms with Crippen LogP contribution in [0.25, 0.3) is 0 Å². The van der Waals surface area contributed by atoms with Gasteiger partial charge in [-0.1, -0.05) is 38.5 Å². The molecule has 1 aromatic carbocycles. The van der Waals surface area contributed by atoms with Crippen LogP contribution in [0.5, 0.6) is 0 Å². The topological polar surface area (TPSA) is 84.2 Å². The average Bonchev–Trinajstić information content (AvgIpc) is 2.57. The molecule has 0 heterocycles. The van der Waals surface area contributed by atoms with Gasteiger partial charge in [-0.3, -0.25) is 9.59 Å². The molecule has 0 radical (unpaired) electrons. The minimum Gasteiger partial charge on any atom is -0.348 e. The number of halogens is 2. The third-order valence-corrected chi connectivity index (χ3v) is 3.64. The van der Waals surface area contributed by atoms with Crippen LogP contribution in [0.15, 0.2) is 30.3 Å². The van der Waals surface area contributed by atoms with Crippen molar-refractivity contribution >= 4 is 11.8 Å². The van der Waals surface area contributed by atoms with Crippen molar-refractivity contribution in [1.82, 2.24) is 10.6 Å². The molecule has 2 atom stereocenters. The molecule has 0 spiro atoms. The second kappa shape index (κ2) is 8.57. The van der Waals surface area contributed by atoms with E-state index < -0.39 is 36.9 Å². The number of nitrogens with one attached hydrogen (secondary N) is 2. The monoisotopic (exact) mass is 327 g/mol. The van der Waals surface area contributed by atoms with Gasteiger partial charge in [0.2, 0.25) is 5.91 Å². The Morgan fingerprint density at radius 1 is 1.26 bits per heavy atom. The summed E-state index contributed by atoms with van der Waals surface area (Å²) < 4.78 is 26.3. The Hall–Kier alpha value is -2.02. The van der Waals surface area contributed by atoms with Gasteiger partial charge < -0.3 is 16.4 Å². The lowest BCUT2D eigenvalue weighted by atomic mass is 9.97. The summed E-state index contributed by atoms with van der Waals surface area (Å²) in [6.07, 6.45) is 0.612. The molecule has 0 aliphatic rings. The molecular formula is C16H23F2N3O2. The lowest BCUT2D eigenvalue weighted by molar-refractivity contribution is -0.125. The van der Waals surface area contributed by atoms with Crippen molar-refractivity contribution in [3.8, 4) is 0 Å². The fourth-order valence-corrected chi connectivity index (χ4v) is 1.91. The molecule has 0 saturated heterocycles. The smallest absolute Gasteiger partial charge is 0.277 e. The van der Waals surface area contributed by atoms with Crippen molar-refractivity contribution in [2.75, 3.05) is 13.1 Å². The first-order chi connectivity index (χ1) is 10.8. The Bertz CT molecular complexity index is 523. The summed E-state index contributed by atoms with van der Waals surface area (Å²) in [5, 5.41) is 4.77. The number of hydrogen-bond acceptors (Lipinski definition) is 3. The van der Waals surface area contributed by atoms with Gasteiger partial charge in [0.05, 0.1) is 13.1 Å². The number of rotatable bonds is 8. The average molecular weight is 327 g/mol. The lowest BCUT2D eigenvalue weighted by Gasteiger charge is -2.24. The van der Waals surface area contributed by atoms with Gasteiger partial charge in [-0.25, -0.2) is 8.78 Å². The van der Waals surface area contributed by atoms with E-state index in [1.165, 1.54) is 0 Å². The third kappa shape index (κ3) is 5.94. The van der Waals surface area contributed by atoms with Crippen molar-refractivity contribution in [1.29, 1.82) is 0 Å². The summed E-state index contributed by atoms with van der Waals surface area (Å²) >= 11 is 0. The largest absolute Gasteiger partial charge is 0.348 e. The minimum atomic E-state index is -3.17. The Balaban J connectivity index is 2.76. The first kappa shape index (κ1) is 19.0. The molecule has 0 aliphatic carbocycles. The van der Waals surface area contributed by atoms with E-state index in [0.29, 0.717) is 12.0 Å². The van der Waals surface area contributed by atoms with Crippen LogP contribution in [0.4, 0.5) is 8.78 Å². The first-order valence-electron chi connectivity index (χ1n) is 7.52. The van der Waals surface area contributed by atoms with Gasteiger partial charge in [0.25, 0.3) is 11.8 Å². The molecule has 128 valence electrons. The van der Waals surface area contributed by atoms with Crippen molar-refractivity contribution in [3.63, 3.8) is 0 Å². The standard InChI is InChI=1S/C16H23F2N3O2/c1-3-11(2)13(15(23)20-10-16(17,18)9-19)21-14(22)12-7-5-4-6-8-12/h4-8,11,13H,3,9-10,19H2,1-2H3,(H,20,23)(H,21,22). The highest BCUT2D eigenvalue weighted by Crippen LogP contribution is 2.12. The Morgan fingerprint density at radius 2 is 1.87 bits per heavy atom. The van der Waals surface area contributed by atoms with Crippen LogP contribution >= 0.6 is 0 Å². The SMILES string of the molecule is CCC(C)C(NC(=O)c1ccccc1)C(=O)NCC(F)(F)CN. The van der Waals surface area contributed by atoms with E-state index in [1.807, 2.05) is 6.92 Å². The third-order valence-electron chi connectivity index (χ3n) is 3.64. The fourth-order valence-electron chi connectivity index (χ4n) is 1.91. The number of amides is 2. The van der Waals surface area contributed by atoms with Gasteiger partial charge in [-0.2, -0.15) is 0 Å². The molecule has 7 heteroatoms. The highest BCUT2D eigenvalue weighted by molar-refractivity contribution is 5.97. The number of carbonyl (C=O) groups is 2. The molecule has 2 unspecified atom stereocenters. The summed E-state index contributed by atoms with van der Waals surface area (Å²) in [7, 11) is 0. The van der Waals surface area contributed by atoms with Crippen molar-refractivity contribution < 1.29 is 18.4 Å². The molecule has 0 bridgehead atoms. The van der Waals surface area contributed by atoms with Gasteiger partial charge in [0.15, 0.2) is 0 Å². The maximum Gasteiger partial charge on any atom is 0.277 e. The predicted octanol–water partition coefficient (Wildman–Crippen LogP) is 1.54. The van der Waals surface area contributed by atoms with Crippen molar-refractivity contribution in [2.24, 2.45) is 11.7 Å². The highest BCUT2D eigenvalue weighted by atomic mass is 19.3. The zero-order valence-corrected chi connectivity index (χ0v) is 13.3. The van der Waals surface area contributed by atoms with Crippen molar-refractivity contribution in [3.05, 3.63) is 35.9 Å². The van der Waals surface area contributed by atoms with Gasteiger partial charge >= 0.3 is 0 Å². The molecule has 23 heavy (non-hydrogen) atoms. The zero-order valence-electron chi connectivity index (χ0n) is 13.3. The quantitative estimate of drug-likeness (QED) is 0.677. The second-order valence-electron chi connectivity index (χ2n) is 5.48. The molecular weight excluding hydrogens is 304 g/mol. The van der Waals surface area contributed by atoms with Crippen LogP contribution in [0.1, 0.15) is 30.6 Å². The molecule has 0 aliphatic heterocycles. The fraction of sp³-hybridized carbons (Fsp3) is 0.500. The van der Waals surface area contributed by atoms with Crippen LogP contribution in [0.3, 0.4) is 0 Å². The van der Waals surface area contributed by atoms with Crippen LogP contribution in [-0.2, 0) is 4.79 Å². The normalized spacial score (nSPS) is 14.0. The molecule has 0 saturated carbocycles. The minimum absolute atomic E-state index is 0.200. The maximum absolute atomic E-state index is 13.2. The van der Waals surface area contributed by atoms with E-state index in [4.69, 9.17) is 5.73 Å². The van der Waals surface area contributed by atoms with Crippen molar-refractivity contribution in [2.45, 2.75) is 32.2 Å². The summed E-state index contributed by atoms with van der Waals surface area (Å²) in [5.41, 5.74) is 5.34. The summed E-state index contributed by atoms with van der Waals surface area (Å²) in [6.45, 7) is 1.93. The van der Waals surface area contributed by atoms with E-state index in [2.05, 4.69) is 10.6 Å². The van der Waals surface area contributed by atoms with Gasteiger partial charge in [0, 0.05) is 5.56 Å². The highest BCUT2D eigenvalue weighted by Gasteiger charge is 2.31. The molecule has 2 amide bonds. The molecule has 4 N–H and O–H groups in total. The number of carbonyl (C=O) groups excluding carboxylic acids is 2. The summed E-state index contributed by atoms with van der Waals surface area (Å²) in [4.78, 5) is 24.4. The predicted molar refractivity (Wildman–Crippen MR) is 84.2 cm³/mol. The maximum atomic E-state index is 13.2. The number of alkyl halides is 2. The number of benzene rings is 1. The first-order valence-corrected chi connectivity index (χ1v) is 7.52. The van der Waals surface area contributed by atoms with E-state index in [-0.39, 0.29) is 5.92 Å². The van der Waals surface area contributed by atoms with Gasteiger partial charge in [-0.15, -0.1) is 0 Å². The van der Waals surface area contributed by atoms with E-state index in [9.17, 15) is 18.4 Å². The Labute approximate surface area is 134 Å². The van der Waals surface area contributed by atoms with Gasteiger partial charge in [-0.05, 0) is 18.1 Å². The second-order valence-corrected chi connectivity index (χ2v) is 5.48. The molecule has 0 fully saturated rings. The van der Waals surface area contributed by atoms with E-state index in [1.54, 1.807) is 37.3 Å². The molecule has 1 aromatic rings. The van der Waals surface area contributed by atoms with Crippen LogP contribution < -0.4 is 16.4 Å². The van der Waals surface area contributed by atoms with Crippen LogP contribution in [0, 0.1) is 5.92 Å². The number of nitrogens with two attached hydrogens (primary N) is 1. The van der Waals surface area contributed by atoms with E-state index >= 15 is 0 Å². The molecule has 5 nitrogen and oxygen atoms in total. The number of hydrogen-bond donors (Lipinski definition) is 3. The molecule has 0 aromatic heterocycles. The van der Waals surface area contributed by atoms with Gasteiger partial charge in [0.1, 0.15) is 6.04 Å². The summed E-state index contributed by atoms with van der Waals surface area (Å²) in [6, 6.07) is 7.52. The van der Waals surface area contributed by atoms with E-state index in [0.717, 1.165) is 0 Å². The Morgan fingerprint density at radius 3 is 2.39 bits per heavy atom. The van der Waals surface area contributed by atoms with Crippen LogP contribution in [-0.4, -0.2) is 36.9 Å². The molecule has 1 rings (SSSR count). The summed E-state index contributed by atoms with van der Waals surface area (Å²) in [5.74, 6) is -4.43. The lowest BCUT2D eigenvalue weighted by Crippen LogP contribution is -2.53. The Kier molecular flexibility index (Phi) is 7.09. The van der Waals surface area contributed by atoms with Crippen LogP contribution in [0.2, 0.25) is 0 Å². The zero-order chi connectivity index (χ0) is 17.5.